The monoisotopic (exact) mass is 358 g/mol. The van der Waals surface area contributed by atoms with Crippen LogP contribution in [0.15, 0.2) is 41.8 Å². The van der Waals surface area contributed by atoms with E-state index >= 15 is 0 Å². The van der Waals surface area contributed by atoms with Crippen LogP contribution in [-0.4, -0.2) is 50.7 Å². The third-order valence-electron chi connectivity index (χ3n) is 4.70. The van der Waals surface area contributed by atoms with Crippen LogP contribution in [0.3, 0.4) is 0 Å². The summed E-state index contributed by atoms with van der Waals surface area (Å²) in [6.07, 6.45) is 2.76. The third kappa shape index (κ3) is 4.61. The second-order valence-electron chi connectivity index (χ2n) is 6.61. The number of thiophene rings is 1. The quantitative estimate of drug-likeness (QED) is 0.790. The molecular weight excluding hydrogens is 332 g/mol. The molecule has 1 fully saturated rings. The first kappa shape index (κ1) is 18.0. The molecule has 2 aromatic rings. The Bertz CT molecular complexity index is 662. The van der Waals surface area contributed by atoms with E-state index in [0.29, 0.717) is 0 Å². The SMILES string of the molecule is CN(C)c1ccc(C(=O)N(CCc2cccs2)C2CCOCC2)cc1. The van der Waals surface area contributed by atoms with Crippen LogP contribution in [0.5, 0.6) is 0 Å². The van der Waals surface area contributed by atoms with Gasteiger partial charge in [0.05, 0.1) is 0 Å². The average molecular weight is 359 g/mol. The lowest BCUT2D eigenvalue weighted by molar-refractivity contribution is 0.0294. The van der Waals surface area contributed by atoms with Gasteiger partial charge >= 0.3 is 0 Å². The number of rotatable bonds is 6. The number of nitrogens with zero attached hydrogens (tertiary/aromatic N) is 2. The molecule has 2 heterocycles. The van der Waals surface area contributed by atoms with Crippen molar-refractivity contribution in [1.82, 2.24) is 4.90 Å². The Labute approximate surface area is 154 Å². The average Bonchev–Trinajstić information content (AvgIpc) is 3.16. The van der Waals surface area contributed by atoms with Gasteiger partial charge in [-0.05, 0) is 55.0 Å². The number of ether oxygens (including phenoxy) is 1. The molecule has 5 heteroatoms. The van der Waals surface area contributed by atoms with Crippen molar-refractivity contribution in [3.05, 3.63) is 52.2 Å². The number of amides is 1. The van der Waals surface area contributed by atoms with Crippen molar-refractivity contribution in [2.45, 2.75) is 25.3 Å². The summed E-state index contributed by atoms with van der Waals surface area (Å²) in [4.78, 5) is 18.6. The molecule has 0 N–H and O–H groups in total. The number of hydrogen-bond acceptors (Lipinski definition) is 4. The molecule has 1 amide bonds. The van der Waals surface area contributed by atoms with Gasteiger partial charge in [-0.1, -0.05) is 6.07 Å². The van der Waals surface area contributed by atoms with Crippen LogP contribution in [-0.2, 0) is 11.2 Å². The maximum atomic E-state index is 13.2. The fraction of sp³-hybridized carbons (Fsp3) is 0.450. The lowest BCUT2D eigenvalue weighted by Gasteiger charge is -2.34. The molecular formula is C20H26N2O2S. The Hall–Kier alpha value is -1.85. The van der Waals surface area contributed by atoms with Gasteiger partial charge in [-0.25, -0.2) is 0 Å². The molecule has 134 valence electrons. The predicted octanol–water partition coefficient (Wildman–Crippen LogP) is 3.68. The van der Waals surface area contributed by atoms with Crippen molar-refractivity contribution in [2.24, 2.45) is 0 Å². The van der Waals surface area contributed by atoms with Crippen molar-refractivity contribution in [3.8, 4) is 0 Å². The van der Waals surface area contributed by atoms with Gasteiger partial charge in [0.1, 0.15) is 0 Å². The van der Waals surface area contributed by atoms with Crippen molar-refractivity contribution in [3.63, 3.8) is 0 Å². The fourth-order valence-corrected chi connectivity index (χ4v) is 3.90. The molecule has 0 saturated carbocycles. The van der Waals surface area contributed by atoms with E-state index in [1.807, 2.05) is 43.3 Å². The molecule has 4 nitrogen and oxygen atoms in total. The van der Waals surface area contributed by atoms with Gasteiger partial charge in [-0.3, -0.25) is 4.79 Å². The summed E-state index contributed by atoms with van der Waals surface area (Å²) in [5.74, 6) is 0.133. The highest BCUT2D eigenvalue weighted by Gasteiger charge is 2.26. The van der Waals surface area contributed by atoms with Gasteiger partial charge in [0.25, 0.3) is 5.91 Å². The standard InChI is InChI=1S/C20H26N2O2S/c1-21(2)17-7-5-16(6-8-17)20(23)22(18-10-13-24-14-11-18)12-9-19-4-3-15-25-19/h3-8,15,18H,9-14H2,1-2H3. The maximum absolute atomic E-state index is 13.2. The molecule has 25 heavy (non-hydrogen) atoms. The zero-order chi connectivity index (χ0) is 17.6. The first-order valence-corrected chi connectivity index (χ1v) is 9.71. The maximum Gasteiger partial charge on any atom is 0.254 e. The smallest absolute Gasteiger partial charge is 0.254 e. The predicted molar refractivity (Wildman–Crippen MR) is 104 cm³/mol. The Morgan fingerprint density at radius 1 is 1.16 bits per heavy atom. The van der Waals surface area contributed by atoms with E-state index in [0.717, 1.165) is 50.3 Å². The summed E-state index contributed by atoms with van der Waals surface area (Å²) in [7, 11) is 4.01. The van der Waals surface area contributed by atoms with Crippen LogP contribution in [0.25, 0.3) is 0 Å². The normalized spacial score (nSPS) is 15.1. The van der Waals surface area contributed by atoms with E-state index < -0.39 is 0 Å². The molecule has 0 spiro atoms. The molecule has 1 aromatic carbocycles. The highest BCUT2D eigenvalue weighted by atomic mass is 32.1. The van der Waals surface area contributed by atoms with E-state index in [2.05, 4.69) is 22.4 Å². The lowest BCUT2D eigenvalue weighted by atomic mass is 10.0. The Balaban J connectivity index is 1.75. The van der Waals surface area contributed by atoms with Gasteiger partial charge in [0.15, 0.2) is 0 Å². The van der Waals surface area contributed by atoms with E-state index in [9.17, 15) is 4.79 Å². The molecule has 0 aliphatic carbocycles. The van der Waals surface area contributed by atoms with E-state index in [4.69, 9.17) is 4.74 Å². The van der Waals surface area contributed by atoms with Crippen molar-refractivity contribution < 1.29 is 9.53 Å². The summed E-state index contributed by atoms with van der Waals surface area (Å²) >= 11 is 1.76. The van der Waals surface area contributed by atoms with Gasteiger partial charge in [-0.15, -0.1) is 11.3 Å². The van der Waals surface area contributed by atoms with Crippen LogP contribution >= 0.6 is 11.3 Å². The minimum Gasteiger partial charge on any atom is -0.381 e. The summed E-state index contributed by atoms with van der Waals surface area (Å²) in [5.41, 5.74) is 1.87. The second-order valence-corrected chi connectivity index (χ2v) is 7.65. The van der Waals surface area contributed by atoms with E-state index in [-0.39, 0.29) is 11.9 Å². The minimum atomic E-state index is 0.133. The van der Waals surface area contributed by atoms with Gasteiger partial charge in [0, 0.05) is 56.0 Å². The Kier molecular flexibility index (Phi) is 6.10. The first-order chi connectivity index (χ1) is 12.1. The molecule has 3 rings (SSSR count). The van der Waals surface area contributed by atoms with Crippen LogP contribution < -0.4 is 4.90 Å². The van der Waals surface area contributed by atoms with Crippen LogP contribution in [0.2, 0.25) is 0 Å². The topological polar surface area (TPSA) is 32.8 Å². The molecule has 1 aliphatic heterocycles. The fourth-order valence-electron chi connectivity index (χ4n) is 3.20. The highest BCUT2D eigenvalue weighted by molar-refractivity contribution is 7.09. The first-order valence-electron chi connectivity index (χ1n) is 8.83. The van der Waals surface area contributed by atoms with Crippen LogP contribution in [0.4, 0.5) is 5.69 Å². The van der Waals surface area contributed by atoms with Crippen molar-refractivity contribution >= 4 is 22.9 Å². The number of carbonyl (C=O) groups excluding carboxylic acids is 1. The number of benzene rings is 1. The largest absolute Gasteiger partial charge is 0.381 e. The minimum absolute atomic E-state index is 0.133. The molecule has 1 aliphatic rings. The summed E-state index contributed by atoms with van der Waals surface area (Å²) < 4.78 is 5.49. The molecule has 0 bridgehead atoms. The summed E-state index contributed by atoms with van der Waals surface area (Å²) in [6, 6.07) is 12.4. The number of hydrogen-bond donors (Lipinski definition) is 0. The second kappa shape index (κ2) is 8.50. The lowest BCUT2D eigenvalue weighted by Crippen LogP contribution is -2.44. The van der Waals surface area contributed by atoms with Crippen molar-refractivity contribution in [2.75, 3.05) is 38.8 Å². The Morgan fingerprint density at radius 2 is 1.88 bits per heavy atom. The van der Waals surface area contributed by atoms with Gasteiger partial charge in [-0.2, -0.15) is 0 Å². The number of anilines is 1. The zero-order valence-electron chi connectivity index (χ0n) is 15.0. The van der Waals surface area contributed by atoms with Gasteiger partial charge in [0.2, 0.25) is 0 Å². The molecule has 0 radical (unpaired) electrons. The van der Waals surface area contributed by atoms with E-state index in [1.54, 1.807) is 11.3 Å². The van der Waals surface area contributed by atoms with E-state index in [1.165, 1.54) is 4.88 Å². The molecule has 1 saturated heterocycles. The van der Waals surface area contributed by atoms with Crippen LogP contribution in [0.1, 0.15) is 28.1 Å². The highest BCUT2D eigenvalue weighted by Crippen LogP contribution is 2.21. The van der Waals surface area contributed by atoms with Crippen LogP contribution in [0, 0.1) is 0 Å². The van der Waals surface area contributed by atoms with Crippen molar-refractivity contribution in [1.29, 1.82) is 0 Å². The molecule has 0 atom stereocenters. The molecule has 0 unspecified atom stereocenters. The molecule has 1 aromatic heterocycles. The summed E-state index contributed by atoms with van der Waals surface area (Å²) in [5, 5.41) is 2.09. The summed E-state index contributed by atoms with van der Waals surface area (Å²) in [6.45, 7) is 2.25. The third-order valence-corrected chi connectivity index (χ3v) is 5.64. The zero-order valence-corrected chi connectivity index (χ0v) is 15.8. The van der Waals surface area contributed by atoms with Gasteiger partial charge < -0.3 is 14.5 Å². The number of carbonyl (C=O) groups is 1. The Morgan fingerprint density at radius 3 is 2.48 bits per heavy atom.